The van der Waals surface area contributed by atoms with Crippen LogP contribution in [0.1, 0.15) is 39.1 Å². The second-order valence-corrected chi connectivity index (χ2v) is 8.10. The van der Waals surface area contributed by atoms with E-state index < -0.39 is 6.04 Å². The van der Waals surface area contributed by atoms with Crippen molar-refractivity contribution >= 4 is 17.7 Å². The third kappa shape index (κ3) is 6.17. The average Bonchev–Trinajstić information content (AvgIpc) is 2.83. The van der Waals surface area contributed by atoms with Crippen LogP contribution in [0.3, 0.4) is 0 Å². The summed E-state index contributed by atoms with van der Waals surface area (Å²) < 4.78 is 5.01. The number of nitrogens with one attached hydrogen (secondary N) is 2. The fourth-order valence-corrected chi connectivity index (χ4v) is 3.91. The van der Waals surface area contributed by atoms with Gasteiger partial charge in [0.05, 0.1) is 6.61 Å². The Bertz CT molecular complexity index is 907. The van der Waals surface area contributed by atoms with Crippen LogP contribution >= 0.6 is 0 Å². The van der Waals surface area contributed by atoms with E-state index in [1.807, 2.05) is 42.2 Å². The van der Waals surface area contributed by atoms with Crippen LogP contribution in [-0.4, -0.2) is 62.0 Å². The van der Waals surface area contributed by atoms with Gasteiger partial charge in [-0.15, -0.1) is 0 Å². The van der Waals surface area contributed by atoms with Crippen LogP contribution in [-0.2, 0) is 9.53 Å². The minimum absolute atomic E-state index is 0.00197. The van der Waals surface area contributed by atoms with Crippen LogP contribution in [0.5, 0.6) is 0 Å². The number of carbonyl (C=O) groups excluding carboxylic acids is 3. The summed E-state index contributed by atoms with van der Waals surface area (Å²) in [5.41, 5.74) is 2.28. The Morgan fingerprint density at radius 2 is 1.66 bits per heavy atom. The lowest BCUT2D eigenvalue weighted by atomic mass is 9.88. The third-order valence-electron chi connectivity index (χ3n) is 5.81. The van der Waals surface area contributed by atoms with Gasteiger partial charge < -0.3 is 20.3 Å². The van der Waals surface area contributed by atoms with Gasteiger partial charge in [-0.2, -0.15) is 0 Å². The predicted molar refractivity (Wildman–Crippen MR) is 122 cm³/mol. The molecule has 0 spiro atoms. The first kappa shape index (κ1) is 23.5. The summed E-state index contributed by atoms with van der Waals surface area (Å²) >= 11 is 0. The molecule has 0 aliphatic carbocycles. The lowest BCUT2D eigenvalue weighted by Gasteiger charge is -2.36. The van der Waals surface area contributed by atoms with Crippen LogP contribution in [0, 0.1) is 12.8 Å². The minimum Gasteiger partial charge on any atom is -0.383 e. The molecule has 0 bridgehead atoms. The van der Waals surface area contributed by atoms with Crippen molar-refractivity contribution in [2.75, 3.05) is 33.4 Å². The van der Waals surface area contributed by atoms with Crippen molar-refractivity contribution in [1.29, 1.82) is 0 Å². The normalized spacial score (nSPS) is 15.1. The third-order valence-corrected chi connectivity index (χ3v) is 5.81. The number of aryl methyl sites for hydroxylation is 1. The molecule has 3 amide bonds. The molecule has 1 aliphatic rings. The van der Waals surface area contributed by atoms with Gasteiger partial charge in [0, 0.05) is 37.9 Å². The van der Waals surface area contributed by atoms with Crippen LogP contribution in [0.4, 0.5) is 0 Å². The fraction of sp³-hybridized carbons (Fsp3) is 0.400. The Labute approximate surface area is 189 Å². The van der Waals surface area contributed by atoms with Crippen molar-refractivity contribution in [2.45, 2.75) is 25.8 Å². The van der Waals surface area contributed by atoms with Gasteiger partial charge in [-0.1, -0.05) is 35.9 Å². The highest BCUT2D eigenvalue weighted by molar-refractivity contribution is 5.97. The van der Waals surface area contributed by atoms with Gasteiger partial charge in [0.2, 0.25) is 5.91 Å². The standard InChI is InChI=1S/C25H31N3O4/c1-18-8-10-21(11-9-18)25(31)28-15-12-19(13-16-28)22(24(30)26-14-17-32-2)27-23(29)20-6-4-3-5-7-20/h3-11,19,22H,12-17H2,1-2H3,(H,26,30)(H,27,29)/t22-/m1/s1. The Hall–Kier alpha value is -3.19. The molecule has 1 saturated heterocycles. The largest absolute Gasteiger partial charge is 0.383 e. The molecule has 7 heteroatoms. The van der Waals surface area contributed by atoms with E-state index in [2.05, 4.69) is 10.6 Å². The zero-order valence-corrected chi connectivity index (χ0v) is 18.7. The Kier molecular flexibility index (Phi) is 8.39. The van der Waals surface area contributed by atoms with E-state index in [0.29, 0.717) is 50.2 Å². The molecule has 2 aromatic rings. The first-order chi connectivity index (χ1) is 15.5. The summed E-state index contributed by atoms with van der Waals surface area (Å²) in [5, 5.41) is 5.76. The zero-order valence-electron chi connectivity index (χ0n) is 18.7. The van der Waals surface area contributed by atoms with Crippen molar-refractivity contribution in [3.05, 3.63) is 71.3 Å². The summed E-state index contributed by atoms with van der Waals surface area (Å²) in [7, 11) is 1.57. The van der Waals surface area contributed by atoms with E-state index in [1.54, 1.807) is 31.4 Å². The maximum Gasteiger partial charge on any atom is 0.253 e. The van der Waals surface area contributed by atoms with E-state index >= 15 is 0 Å². The Balaban J connectivity index is 1.65. The predicted octanol–water partition coefficient (Wildman–Crippen LogP) is 2.41. The van der Waals surface area contributed by atoms with E-state index in [0.717, 1.165) is 5.56 Å². The van der Waals surface area contributed by atoms with Gasteiger partial charge in [-0.25, -0.2) is 0 Å². The number of amides is 3. The van der Waals surface area contributed by atoms with Gasteiger partial charge >= 0.3 is 0 Å². The summed E-state index contributed by atoms with van der Waals surface area (Å²) in [5.74, 6) is -0.574. The monoisotopic (exact) mass is 437 g/mol. The number of rotatable bonds is 8. The number of piperidine rings is 1. The summed E-state index contributed by atoms with van der Waals surface area (Å²) in [6.45, 7) is 3.84. The number of hydrogen-bond acceptors (Lipinski definition) is 4. The van der Waals surface area contributed by atoms with Crippen molar-refractivity contribution in [2.24, 2.45) is 5.92 Å². The molecule has 0 radical (unpaired) electrons. The quantitative estimate of drug-likeness (QED) is 0.621. The highest BCUT2D eigenvalue weighted by atomic mass is 16.5. The molecule has 1 fully saturated rings. The maximum atomic E-state index is 12.9. The van der Waals surface area contributed by atoms with Crippen molar-refractivity contribution < 1.29 is 19.1 Å². The second-order valence-electron chi connectivity index (χ2n) is 8.10. The molecule has 1 atom stereocenters. The first-order valence-electron chi connectivity index (χ1n) is 11.0. The molecule has 32 heavy (non-hydrogen) atoms. The van der Waals surface area contributed by atoms with Crippen LogP contribution in [0.15, 0.2) is 54.6 Å². The Morgan fingerprint density at radius 3 is 2.28 bits per heavy atom. The maximum absolute atomic E-state index is 12.9. The summed E-state index contributed by atoms with van der Waals surface area (Å²) in [6.07, 6.45) is 1.27. The molecule has 0 aromatic heterocycles. The lowest BCUT2D eigenvalue weighted by molar-refractivity contribution is -0.124. The number of nitrogens with zero attached hydrogens (tertiary/aromatic N) is 1. The van der Waals surface area contributed by atoms with Gasteiger partial charge in [0.1, 0.15) is 6.04 Å². The lowest BCUT2D eigenvalue weighted by Crippen LogP contribution is -2.54. The molecule has 1 aliphatic heterocycles. The number of methoxy groups -OCH3 is 1. The Morgan fingerprint density at radius 1 is 1.00 bits per heavy atom. The number of ether oxygens (including phenoxy) is 1. The van der Waals surface area contributed by atoms with E-state index in [-0.39, 0.29) is 23.6 Å². The average molecular weight is 438 g/mol. The van der Waals surface area contributed by atoms with Gasteiger partial charge in [0.25, 0.3) is 11.8 Å². The van der Waals surface area contributed by atoms with E-state index in [4.69, 9.17) is 4.74 Å². The highest BCUT2D eigenvalue weighted by Gasteiger charge is 2.34. The molecule has 170 valence electrons. The number of likely N-dealkylation sites (tertiary alicyclic amines) is 1. The van der Waals surface area contributed by atoms with Gasteiger partial charge in [-0.3, -0.25) is 14.4 Å². The molecular formula is C25H31N3O4. The number of hydrogen-bond donors (Lipinski definition) is 2. The zero-order chi connectivity index (χ0) is 22.9. The molecule has 7 nitrogen and oxygen atoms in total. The van der Waals surface area contributed by atoms with E-state index in [9.17, 15) is 14.4 Å². The van der Waals surface area contributed by atoms with Gasteiger partial charge in [0.15, 0.2) is 0 Å². The summed E-state index contributed by atoms with van der Waals surface area (Å²) in [6, 6.07) is 15.7. The first-order valence-corrected chi connectivity index (χ1v) is 11.0. The van der Waals surface area contributed by atoms with Crippen molar-refractivity contribution in [3.8, 4) is 0 Å². The molecule has 2 aromatic carbocycles. The molecule has 1 heterocycles. The SMILES string of the molecule is COCCNC(=O)[C@H](NC(=O)c1ccccc1)C1CCN(C(=O)c2ccc(C)cc2)CC1. The van der Waals surface area contributed by atoms with Crippen molar-refractivity contribution in [1.82, 2.24) is 15.5 Å². The topological polar surface area (TPSA) is 87.7 Å². The van der Waals surface area contributed by atoms with Crippen LogP contribution in [0.2, 0.25) is 0 Å². The van der Waals surface area contributed by atoms with Gasteiger partial charge in [-0.05, 0) is 49.9 Å². The minimum atomic E-state index is -0.670. The van der Waals surface area contributed by atoms with Crippen LogP contribution < -0.4 is 10.6 Å². The molecule has 0 unspecified atom stereocenters. The molecular weight excluding hydrogens is 406 g/mol. The van der Waals surface area contributed by atoms with Crippen molar-refractivity contribution in [3.63, 3.8) is 0 Å². The molecule has 3 rings (SSSR count). The molecule has 0 saturated carbocycles. The fourth-order valence-electron chi connectivity index (χ4n) is 3.91. The summed E-state index contributed by atoms with van der Waals surface area (Å²) in [4.78, 5) is 40.3. The number of carbonyl (C=O) groups is 3. The van der Waals surface area contributed by atoms with Crippen LogP contribution in [0.25, 0.3) is 0 Å². The molecule has 2 N–H and O–H groups in total. The highest BCUT2D eigenvalue weighted by Crippen LogP contribution is 2.23. The van der Waals surface area contributed by atoms with E-state index in [1.165, 1.54) is 0 Å². The second kappa shape index (κ2) is 11.4. The smallest absolute Gasteiger partial charge is 0.253 e. The number of benzene rings is 2.